The van der Waals surface area contributed by atoms with Gasteiger partial charge in [-0.3, -0.25) is 0 Å². The van der Waals surface area contributed by atoms with E-state index in [1.165, 1.54) is 11.8 Å². The Morgan fingerprint density at radius 2 is 2.57 bits per heavy atom. The fourth-order valence-corrected chi connectivity index (χ4v) is 0.415. The molecule has 3 heteroatoms. The van der Waals surface area contributed by atoms with Gasteiger partial charge < -0.3 is 5.73 Å². The highest BCUT2D eigenvalue weighted by atomic mass is 32.2. The van der Waals surface area contributed by atoms with Crippen LogP contribution in [0.3, 0.4) is 0 Å². The molecule has 0 radical (unpaired) electrons. The van der Waals surface area contributed by atoms with Crippen molar-refractivity contribution in [3.05, 3.63) is 0 Å². The van der Waals surface area contributed by atoms with Crippen molar-refractivity contribution in [1.29, 1.82) is 5.26 Å². The molecule has 2 nitrogen and oxygen atoms in total. The highest BCUT2D eigenvalue weighted by molar-refractivity contribution is 7.99. The van der Waals surface area contributed by atoms with Crippen LogP contribution in [0.4, 0.5) is 0 Å². The normalized spacial score (nSPS) is 12.7. The SMILES string of the molecule is CSC(N)CC#N. The van der Waals surface area contributed by atoms with Gasteiger partial charge in [0.15, 0.2) is 0 Å². The standard InChI is InChI=1S/C4H8N2S/c1-7-4(6)2-3-5/h4H,2,6H2,1H3. The molecule has 0 spiro atoms. The second-order valence-corrected chi connectivity index (χ2v) is 2.21. The minimum Gasteiger partial charge on any atom is -0.319 e. The maximum atomic E-state index is 8.02. The Morgan fingerprint density at radius 1 is 2.00 bits per heavy atom. The third-order valence-corrected chi connectivity index (χ3v) is 1.37. The van der Waals surface area contributed by atoms with Gasteiger partial charge in [0.05, 0.1) is 17.9 Å². The molecule has 0 fully saturated rings. The molecule has 0 amide bonds. The van der Waals surface area contributed by atoms with Gasteiger partial charge in [-0.05, 0) is 6.26 Å². The zero-order valence-corrected chi connectivity index (χ0v) is 5.03. The van der Waals surface area contributed by atoms with Crippen molar-refractivity contribution >= 4 is 11.8 Å². The third kappa shape index (κ3) is 3.64. The molecule has 0 bridgehead atoms. The lowest BCUT2D eigenvalue weighted by Crippen LogP contribution is -2.12. The number of nitrogens with two attached hydrogens (primary N) is 1. The van der Waals surface area contributed by atoms with E-state index in [2.05, 4.69) is 0 Å². The van der Waals surface area contributed by atoms with Crippen LogP contribution in [0, 0.1) is 11.3 Å². The van der Waals surface area contributed by atoms with Crippen LogP contribution in [-0.4, -0.2) is 11.6 Å². The minimum absolute atomic E-state index is 0.00463. The van der Waals surface area contributed by atoms with Crippen LogP contribution in [0.1, 0.15) is 6.42 Å². The molecule has 0 heterocycles. The second kappa shape index (κ2) is 3.97. The molecule has 2 N–H and O–H groups in total. The Balaban J connectivity index is 3.03. The first kappa shape index (κ1) is 6.80. The molecule has 0 saturated heterocycles. The van der Waals surface area contributed by atoms with E-state index in [9.17, 15) is 0 Å². The first-order valence-electron chi connectivity index (χ1n) is 1.96. The average Bonchev–Trinajstić information content (AvgIpc) is 1.68. The molecule has 0 aromatic rings. The minimum atomic E-state index is 0.00463. The van der Waals surface area contributed by atoms with Crippen LogP contribution in [0.15, 0.2) is 0 Å². The highest BCUT2D eigenvalue weighted by Crippen LogP contribution is 2.00. The summed E-state index contributed by atoms with van der Waals surface area (Å²) in [6.07, 6.45) is 2.34. The Bertz CT molecular complexity index is 76.2. The fraction of sp³-hybridized carbons (Fsp3) is 0.750. The van der Waals surface area contributed by atoms with Gasteiger partial charge in [0, 0.05) is 0 Å². The summed E-state index contributed by atoms with van der Waals surface area (Å²) in [5.74, 6) is 0. The summed E-state index contributed by atoms with van der Waals surface area (Å²) in [4.78, 5) is 0. The lowest BCUT2D eigenvalue weighted by Gasteiger charge is -1.97. The summed E-state index contributed by atoms with van der Waals surface area (Å²) in [5, 5.41) is 8.03. The van der Waals surface area contributed by atoms with Crippen molar-refractivity contribution in [1.82, 2.24) is 0 Å². The Morgan fingerprint density at radius 3 is 2.71 bits per heavy atom. The fourth-order valence-electron chi connectivity index (χ4n) is 0.173. The van der Waals surface area contributed by atoms with Gasteiger partial charge in [-0.1, -0.05) is 0 Å². The summed E-state index contributed by atoms with van der Waals surface area (Å²) < 4.78 is 0. The third-order valence-electron chi connectivity index (χ3n) is 0.595. The maximum absolute atomic E-state index is 8.02. The van der Waals surface area contributed by atoms with Crippen molar-refractivity contribution in [2.24, 2.45) is 5.73 Å². The molecule has 0 aliphatic rings. The first-order chi connectivity index (χ1) is 3.31. The molecule has 0 aliphatic heterocycles. The largest absolute Gasteiger partial charge is 0.319 e. The zero-order chi connectivity index (χ0) is 5.70. The molecular weight excluding hydrogens is 108 g/mol. The van der Waals surface area contributed by atoms with Crippen molar-refractivity contribution in [2.45, 2.75) is 11.8 Å². The highest BCUT2D eigenvalue weighted by Gasteiger charge is 1.93. The van der Waals surface area contributed by atoms with E-state index in [4.69, 9.17) is 11.0 Å². The number of thioether (sulfide) groups is 1. The average molecular weight is 116 g/mol. The predicted octanol–water partition coefficient (Wildman–Crippen LogP) is 0.548. The van der Waals surface area contributed by atoms with Crippen molar-refractivity contribution in [3.8, 4) is 6.07 Å². The molecule has 40 valence electrons. The van der Waals surface area contributed by atoms with E-state index in [0.717, 1.165) is 0 Å². The summed E-state index contributed by atoms with van der Waals surface area (Å²) in [5.41, 5.74) is 5.32. The summed E-state index contributed by atoms with van der Waals surface area (Å²) >= 11 is 1.50. The van der Waals surface area contributed by atoms with Crippen molar-refractivity contribution in [3.63, 3.8) is 0 Å². The Hall–Kier alpha value is -0.200. The molecule has 7 heavy (non-hydrogen) atoms. The van der Waals surface area contributed by atoms with Gasteiger partial charge in [-0.15, -0.1) is 11.8 Å². The quantitative estimate of drug-likeness (QED) is 0.536. The van der Waals surface area contributed by atoms with Gasteiger partial charge in [0.1, 0.15) is 0 Å². The first-order valence-corrected chi connectivity index (χ1v) is 3.25. The number of hydrogen-bond acceptors (Lipinski definition) is 3. The smallest absolute Gasteiger partial charge is 0.0647 e. The van der Waals surface area contributed by atoms with Crippen LogP contribution in [0.25, 0.3) is 0 Å². The molecule has 0 aromatic carbocycles. The number of nitriles is 1. The Labute approximate surface area is 47.7 Å². The molecule has 0 saturated carbocycles. The van der Waals surface area contributed by atoms with Gasteiger partial charge in [-0.25, -0.2) is 0 Å². The summed E-state index contributed by atoms with van der Waals surface area (Å²) in [6, 6.07) is 1.97. The molecule has 0 aliphatic carbocycles. The van der Waals surface area contributed by atoms with Gasteiger partial charge in [0.2, 0.25) is 0 Å². The van der Waals surface area contributed by atoms with Crippen LogP contribution in [0.2, 0.25) is 0 Å². The lowest BCUT2D eigenvalue weighted by molar-refractivity contribution is 0.946. The van der Waals surface area contributed by atoms with E-state index in [1.54, 1.807) is 0 Å². The molecular formula is C4H8N2S. The monoisotopic (exact) mass is 116 g/mol. The van der Waals surface area contributed by atoms with E-state index < -0.39 is 0 Å². The topological polar surface area (TPSA) is 49.8 Å². The zero-order valence-electron chi connectivity index (χ0n) is 4.22. The van der Waals surface area contributed by atoms with Gasteiger partial charge in [-0.2, -0.15) is 5.26 Å². The van der Waals surface area contributed by atoms with Crippen molar-refractivity contribution in [2.75, 3.05) is 6.26 Å². The molecule has 0 rings (SSSR count). The predicted molar refractivity (Wildman–Crippen MR) is 31.7 cm³/mol. The van der Waals surface area contributed by atoms with Crippen molar-refractivity contribution < 1.29 is 0 Å². The number of rotatable bonds is 2. The van der Waals surface area contributed by atoms with Crippen LogP contribution in [0.5, 0.6) is 0 Å². The Kier molecular flexibility index (Phi) is 3.86. The van der Waals surface area contributed by atoms with Crippen LogP contribution < -0.4 is 5.73 Å². The van der Waals surface area contributed by atoms with Gasteiger partial charge in [0.25, 0.3) is 0 Å². The van der Waals surface area contributed by atoms with Crippen LogP contribution >= 0.6 is 11.8 Å². The molecule has 0 aromatic heterocycles. The summed E-state index contributed by atoms with van der Waals surface area (Å²) in [6.45, 7) is 0. The van der Waals surface area contributed by atoms with E-state index in [1.807, 2.05) is 12.3 Å². The molecule has 1 atom stereocenters. The lowest BCUT2D eigenvalue weighted by atomic mass is 10.5. The van der Waals surface area contributed by atoms with E-state index >= 15 is 0 Å². The maximum Gasteiger partial charge on any atom is 0.0647 e. The molecule has 1 unspecified atom stereocenters. The number of hydrogen-bond donors (Lipinski definition) is 1. The van der Waals surface area contributed by atoms with E-state index in [-0.39, 0.29) is 5.37 Å². The van der Waals surface area contributed by atoms with Crippen LogP contribution in [-0.2, 0) is 0 Å². The van der Waals surface area contributed by atoms with Gasteiger partial charge >= 0.3 is 0 Å². The number of nitrogens with zero attached hydrogens (tertiary/aromatic N) is 1. The second-order valence-electron chi connectivity index (χ2n) is 1.14. The summed E-state index contributed by atoms with van der Waals surface area (Å²) in [7, 11) is 0. The van der Waals surface area contributed by atoms with E-state index in [0.29, 0.717) is 6.42 Å².